The van der Waals surface area contributed by atoms with E-state index >= 15 is 0 Å². The van der Waals surface area contributed by atoms with Crippen molar-refractivity contribution >= 4 is 39.3 Å². The van der Waals surface area contributed by atoms with Crippen LogP contribution in [0.3, 0.4) is 0 Å². The highest BCUT2D eigenvalue weighted by Crippen LogP contribution is 2.42. The SMILES string of the molecule is O=C(NCCCNc1nc(Nc2cccc(Br)c2)ncc1C1CC1)C1CCC1. The molecular weight excluding hydrogens is 418 g/mol. The minimum Gasteiger partial charge on any atom is -0.370 e. The smallest absolute Gasteiger partial charge is 0.229 e. The average molecular weight is 444 g/mol. The van der Waals surface area contributed by atoms with Crippen LogP contribution in [0.5, 0.6) is 0 Å². The summed E-state index contributed by atoms with van der Waals surface area (Å²) in [6.45, 7) is 1.48. The predicted octanol–water partition coefficient (Wildman–Crippen LogP) is 4.58. The van der Waals surface area contributed by atoms with Crippen LogP contribution in [-0.2, 0) is 4.79 Å². The second-order valence-corrected chi connectivity index (χ2v) is 8.52. The van der Waals surface area contributed by atoms with Crippen LogP contribution in [0.1, 0.15) is 50.0 Å². The van der Waals surface area contributed by atoms with Crippen molar-refractivity contribution in [1.82, 2.24) is 15.3 Å². The van der Waals surface area contributed by atoms with Crippen LogP contribution >= 0.6 is 15.9 Å². The number of hydrogen-bond donors (Lipinski definition) is 3. The van der Waals surface area contributed by atoms with Gasteiger partial charge in [0.15, 0.2) is 0 Å². The van der Waals surface area contributed by atoms with Gasteiger partial charge in [0.1, 0.15) is 5.82 Å². The molecule has 148 valence electrons. The van der Waals surface area contributed by atoms with Gasteiger partial charge < -0.3 is 16.0 Å². The fourth-order valence-electron chi connectivity index (χ4n) is 3.30. The summed E-state index contributed by atoms with van der Waals surface area (Å²) in [4.78, 5) is 21.1. The first-order valence-electron chi connectivity index (χ1n) is 10.1. The molecule has 1 amide bonds. The Hall–Kier alpha value is -2.15. The molecule has 0 atom stereocenters. The molecule has 6 nitrogen and oxygen atoms in total. The fraction of sp³-hybridized carbons (Fsp3) is 0.476. The number of halogens is 1. The zero-order chi connectivity index (χ0) is 19.3. The van der Waals surface area contributed by atoms with E-state index in [-0.39, 0.29) is 11.8 Å². The topological polar surface area (TPSA) is 78.9 Å². The third kappa shape index (κ3) is 5.01. The van der Waals surface area contributed by atoms with E-state index in [0.29, 0.717) is 18.4 Å². The van der Waals surface area contributed by atoms with Crippen LogP contribution in [-0.4, -0.2) is 29.0 Å². The van der Waals surface area contributed by atoms with Gasteiger partial charge in [-0.25, -0.2) is 4.98 Å². The quantitative estimate of drug-likeness (QED) is 0.494. The highest BCUT2D eigenvalue weighted by molar-refractivity contribution is 9.10. The number of aromatic nitrogens is 2. The number of nitrogens with zero attached hydrogens (tertiary/aromatic N) is 2. The van der Waals surface area contributed by atoms with Gasteiger partial charge in [0, 0.05) is 40.9 Å². The Morgan fingerprint density at radius 1 is 1.18 bits per heavy atom. The molecule has 28 heavy (non-hydrogen) atoms. The number of carbonyl (C=O) groups is 1. The highest BCUT2D eigenvalue weighted by Gasteiger charge is 2.27. The standard InChI is InChI=1S/C21H26BrN5O/c22-16-6-2-7-17(12-16)26-21-25-13-18(14-8-9-14)19(27-21)23-10-3-11-24-20(28)15-4-1-5-15/h2,6-7,12-15H,1,3-5,8-11H2,(H,24,28)(H2,23,25,26,27). The van der Waals surface area contributed by atoms with Crippen molar-refractivity contribution in [3.8, 4) is 0 Å². The first-order valence-corrected chi connectivity index (χ1v) is 10.9. The minimum atomic E-state index is 0.215. The number of carbonyl (C=O) groups excluding carboxylic acids is 1. The van der Waals surface area contributed by atoms with Gasteiger partial charge in [-0.1, -0.05) is 28.4 Å². The molecule has 2 aliphatic carbocycles. The third-order valence-corrected chi connectivity index (χ3v) is 5.83. The molecule has 3 N–H and O–H groups in total. The summed E-state index contributed by atoms with van der Waals surface area (Å²) in [5.74, 6) is 2.53. The average Bonchev–Trinajstić information content (AvgIpc) is 3.45. The Kier molecular flexibility index (Phi) is 6.10. The molecule has 0 unspecified atom stereocenters. The molecule has 1 aromatic heterocycles. The van der Waals surface area contributed by atoms with E-state index in [9.17, 15) is 4.79 Å². The van der Waals surface area contributed by atoms with Crippen LogP contribution < -0.4 is 16.0 Å². The van der Waals surface area contributed by atoms with Gasteiger partial charge in [0.2, 0.25) is 11.9 Å². The molecule has 2 fully saturated rings. The lowest BCUT2D eigenvalue weighted by molar-refractivity contribution is -0.127. The molecule has 0 aliphatic heterocycles. The Bertz CT molecular complexity index is 835. The Balaban J connectivity index is 1.32. The molecule has 0 bridgehead atoms. The molecule has 1 heterocycles. The van der Waals surface area contributed by atoms with Gasteiger partial charge in [-0.15, -0.1) is 0 Å². The van der Waals surface area contributed by atoms with Crippen LogP contribution in [0.4, 0.5) is 17.5 Å². The first kappa shape index (κ1) is 19.2. The predicted molar refractivity (Wildman–Crippen MR) is 115 cm³/mol. The maximum atomic E-state index is 11.9. The second-order valence-electron chi connectivity index (χ2n) is 7.61. The number of amides is 1. The number of hydrogen-bond acceptors (Lipinski definition) is 5. The maximum absolute atomic E-state index is 11.9. The van der Waals surface area contributed by atoms with E-state index in [4.69, 9.17) is 4.98 Å². The number of rotatable bonds is 9. The van der Waals surface area contributed by atoms with Crippen molar-refractivity contribution in [2.45, 2.75) is 44.4 Å². The monoisotopic (exact) mass is 443 g/mol. The van der Waals surface area contributed by atoms with Crippen molar-refractivity contribution in [3.63, 3.8) is 0 Å². The first-order chi connectivity index (χ1) is 13.7. The van der Waals surface area contributed by atoms with Crippen LogP contribution in [0.25, 0.3) is 0 Å². The van der Waals surface area contributed by atoms with Gasteiger partial charge in [-0.3, -0.25) is 4.79 Å². The largest absolute Gasteiger partial charge is 0.370 e. The number of anilines is 3. The molecule has 2 aromatic rings. The highest BCUT2D eigenvalue weighted by atomic mass is 79.9. The van der Waals surface area contributed by atoms with Gasteiger partial charge in [-0.2, -0.15) is 4.98 Å². The minimum absolute atomic E-state index is 0.215. The summed E-state index contributed by atoms with van der Waals surface area (Å²) in [5, 5.41) is 9.76. The fourth-order valence-corrected chi connectivity index (χ4v) is 3.70. The Morgan fingerprint density at radius 3 is 2.75 bits per heavy atom. The molecule has 0 radical (unpaired) electrons. The van der Waals surface area contributed by atoms with E-state index in [2.05, 4.69) is 36.9 Å². The Morgan fingerprint density at radius 2 is 2.04 bits per heavy atom. The lowest BCUT2D eigenvalue weighted by Gasteiger charge is -2.24. The number of nitrogens with one attached hydrogen (secondary N) is 3. The van der Waals surface area contributed by atoms with Crippen LogP contribution in [0, 0.1) is 5.92 Å². The lowest BCUT2D eigenvalue weighted by Crippen LogP contribution is -2.35. The second kappa shape index (κ2) is 8.90. The van der Waals surface area contributed by atoms with Gasteiger partial charge in [0.05, 0.1) is 0 Å². The van der Waals surface area contributed by atoms with E-state index < -0.39 is 0 Å². The lowest BCUT2D eigenvalue weighted by atomic mass is 9.85. The van der Waals surface area contributed by atoms with Gasteiger partial charge in [-0.05, 0) is 56.2 Å². The summed E-state index contributed by atoms with van der Waals surface area (Å²) in [7, 11) is 0. The van der Waals surface area contributed by atoms with Crippen LogP contribution in [0.2, 0.25) is 0 Å². The molecular formula is C21H26BrN5O. The van der Waals surface area contributed by atoms with E-state index in [0.717, 1.165) is 41.8 Å². The van der Waals surface area contributed by atoms with Gasteiger partial charge >= 0.3 is 0 Å². The summed E-state index contributed by atoms with van der Waals surface area (Å²) in [6, 6.07) is 7.94. The molecule has 1 aromatic carbocycles. The zero-order valence-corrected chi connectivity index (χ0v) is 17.5. The van der Waals surface area contributed by atoms with Crippen molar-refractivity contribution in [2.75, 3.05) is 23.7 Å². The van der Waals surface area contributed by atoms with E-state index in [1.165, 1.54) is 24.8 Å². The number of benzene rings is 1. The van der Waals surface area contributed by atoms with Crippen LogP contribution in [0.15, 0.2) is 34.9 Å². The summed E-state index contributed by atoms with van der Waals surface area (Å²) >= 11 is 3.48. The molecule has 2 aliphatic rings. The summed E-state index contributed by atoms with van der Waals surface area (Å²) < 4.78 is 1.01. The van der Waals surface area contributed by atoms with E-state index in [1.807, 2.05) is 30.5 Å². The zero-order valence-electron chi connectivity index (χ0n) is 15.9. The molecule has 4 rings (SSSR count). The van der Waals surface area contributed by atoms with Crippen molar-refractivity contribution in [1.29, 1.82) is 0 Å². The molecule has 2 saturated carbocycles. The Labute approximate surface area is 174 Å². The summed E-state index contributed by atoms with van der Waals surface area (Å²) in [6.07, 6.45) is 8.50. The summed E-state index contributed by atoms with van der Waals surface area (Å²) in [5.41, 5.74) is 2.14. The van der Waals surface area contributed by atoms with Crippen molar-refractivity contribution < 1.29 is 4.79 Å². The normalized spacial score (nSPS) is 16.3. The molecule has 0 saturated heterocycles. The molecule has 0 spiro atoms. The van der Waals surface area contributed by atoms with Gasteiger partial charge in [0.25, 0.3) is 0 Å². The maximum Gasteiger partial charge on any atom is 0.229 e. The van der Waals surface area contributed by atoms with Crippen molar-refractivity contribution in [3.05, 3.63) is 40.5 Å². The third-order valence-electron chi connectivity index (χ3n) is 5.34. The van der Waals surface area contributed by atoms with Crippen molar-refractivity contribution in [2.24, 2.45) is 5.92 Å². The van der Waals surface area contributed by atoms with E-state index in [1.54, 1.807) is 0 Å². The molecule has 7 heteroatoms.